The number of aromatic amines is 1. The first-order valence-corrected chi connectivity index (χ1v) is 8.98. The van der Waals surface area contributed by atoms with Crippen LogP contribution in [0, 0.1) is 11.6 Å². The fourth-order valence-electron chi connectivity index (χ4n) is 2.51. The molecule has 0 radical (unpaired) electrons. The lowest BCUT2D eigenvalue weighted by atomic mass is 10.0. The van der Waals surface area contributed by atoms with Gasteiger partial charge in [0.1, 0.15) is 11.3 Å². The van der Waals surface area contributed by atoms with Crippen LogP contribution in [-0.4, -0.2) is 24.1 Å². The largest absolute Gasteiger partial charge is 0.346 e. The van der Waals surface area contributed by atoms with E-state index in [9.17, 15) is 17.2 Å². The first-order chi connectivity index (χ1) is 11.4. The van der Waals surface area contributed by atoms with Gasteiger partial charge in [0.05, 0.1) is 5.75 Å². The van der Waals surface area contributed by atoms with Gasteiger partial charge in [-0.05, 0) is 41.8 Å². The van der Waals surface area contributed by atoms with E-state index >= 15 is 0 Å². The molecule has 0 unspecified atom stereocenters. The molecule has 24 heavy (non-hydrogen) atoms. The van der Waals surface area contributed by atoms with Crippen LogP contribution in [0.3, 0.4) is 0 Å². The van der Waals surface area contributed by atoms with Gasteiger partial charge in [-0.1, -0.05) is 6.92 Å². The number of anilines is 1. The van der Waals surface area contributed by atoms with Crippen molar-refractivity contribution in [1.29, 1.82) is 0 Å². The van der Waals surface area contributed by atoms with E-state index in [0.717, 1.165) is 17.5 Å². The average Bonchev–Trinajstić information content (AvgIpc) is 2.99. The van der Waals surface area contributed by atoms with Gasteiger partial charge in [-0.25, -0.2) is 22.2 Å². The van der Waals surface area contributed by atoms with Gasteiger partial charge in [-0.3, -0.25) is 4.72 Å². The molecule has 3 rings (SSSR count). The van der Waals surface area contributed by atoms with Gasteiger partial charge in [0.15, 0.2) is 11.6 Å². The molecule has 5 nitrogen and oxygen atoms in total. The molecule has 0 aliphatic heterocycles. The van der Waals surface area contributed by atoms with Crippen LogP contribution in [0.25, 0.3) is 22.2 Å². The van der Waals surface area contributed by atoms with Crippen LogP contribution in [0.2, 0.25) is 0 Å². The SMILES string of the molecule is CCCS(=O)(=O)Nc1c(F)cc(-c2ccnc3[nH]ccc23)cc1F. The Bertz CT molecular complexity index is 976. The second-order valence-corrected chi connectivity index (χ2v) is 7.18. The van der Waals surface area contributed by atoms with E-state index in [2.05, 4.69) is 9.97 Å². The molecule has 0 amide bonds. The zero-order valence-electron chi connectivity index (χ0n) is 12.8. The minimum absolute atomic E-state index is 0.206. The Kier molecular flexibility index (Phi) is 4.23. The first kappa shape index (κ1) is 16.4. The number of fused-ring (bicyclic) bond motifs is 1. The van der Waals surface area contributed by atoms with Gasteiger partial charge >= 0.3 is 0 Å². The molecule has 8 heteroatoms. The van der Waals surface area contributed by atoms with Gasteiger partial charge < -0.3 is 4.98 Å². The highest BCUT2D eigenvalue weighted by atomic mass is 32.2. The number of hydrogen-bond acceptors (Lipinski definition) is 3. The molecule has 1 aromatic carbocycles. The Balaban J connectivity index is 2.06. The molecule has 3 aromatic rings. The maximum Gasteiger partial charge on any atom is 0.232 e. The first-order valence-electron chi connectivity index (χ1n) is 7.33. The van der Waals surface area contributed by atoms with Crippen molar-refractivity contribution in [3.05, 3.63) is 48.3 Å². The standard InChI is InChI=1S/C16H15F2N3O2S/c1-2-7-24(22,23)21-15-13(17)8-10(9-14(15)18)11-3-5-19-16-12(11)4-6-20-16/h3-6,8-9,21H,2,7H2,1H3,(H,19,20). The van der Waals surface area contributed by atoms with E-state index in [-0.39, 0.29) is 5.75 Å². The van der Waals surface area contributed by atoms with Gasteiger partial charge in [0.2, 0.25) is 10.0 Å². The Morgan fingerprint density at radius 1 is 1.21 bits per heavy atom. The number of nitrogens with zero attached hydrogens (tertiary/aromatic N) is 1. The molecule has 0 bridgehead atoms. The van der Waals surface area contributed by atoms with E-state index in [1.807, 2.05) is 4.72 Å². The topological polar surface area (TPSA) is 74.8 Å². The lowest BCUT2D eigenvalue weighted by Crippen LogP contribution is -2.18. The maximum absolute atomic E-state index is 14.3. The molecule has 0 atom stereocenters. The maximum atomic E-state index is 14.3. The zero-order chi connectivity index (χ0) is 17.3. The van der Waals surface area contributed by atoms with E-state index in [4.69, 9.17) is 0 Å². The predicted molar refractivity (Wildman–Crippen MR) is 89.1 cm³/mol. The molecule has 0 fully saturated rings. The Morgan fingerprint density at radius 2 is 1.92 bits per heavy atom. The summed E-state index contributed by atoms with van der Waals surface area (Å²) < 4.78 is 54.1. The normalized spacial score (nSPS) is 11.8. The van der Waals surface area contributed by atoms with Crippen molar-refractivity contribution >= 4 is 26.7 Å². The third-order valence-electron chi connectivity index (χ3n) is 3.54. The molecule has 0 saturated carbocycles. The minimum atomic E-state index is -3.78. The minimum Gasteiger partial charge on any atom is -0.346 e. The van der Waals surface area contributed by atoms with Gasteiger partial charge in [-0.2, -0.15) is 0 Å². The average molecular weight is 351 g/mol. The van der Waals surface area contributed by atoms with Crippen molar-refractivity contribution in [1.82, 2.24) is 9.97 Å². The van der Waals surface area contributed by atoms with Crippen molar-refractivity contribution in [2.24, 2.45) is 0 Å². The zero-order valence-corrected chi connectivity index (χ0v) is 13.6. The van der Waals surface area contributed by atoms with Crippen molar-refractivity contribution < 1.29 is 17.2 Å². The van der Waals surface area contributed by atoms with E-state index in [0.29, 0.717) is 23.2 Å². The molecule has 0 aliphatic carbocycles. The molecule has 2 aromatic heterocycles. The summed E-state index contributed by atoms with van der Waals surface area (Å²) in [6.07, 6.45) is 3.56. The number of nitrogens with one attached hydrogen (secondary N) is 2. The highest BCUT2D eigenvalue weighted by Crippen LogP contribution is 2.31. The van der Waals surface area contributed by atoms with Gasteiger partial charge in [0.25, 0.3) is 0 Å². The molecule has 0 spiro atoms. The highest BCUT2D eigenvalue weighted by Gasteiger charge is 2.18. The fourth-order valence-corrected chi connectivity index (χ4v) is 3.66. The van der Waals surface area contributed by atoms with Crippen molar-refractivity contribution in [2.45, 2.75) is 13.3 Å². The van der Waals surface area contributed by atoms with E-state index in [1.54, 1.807) is 25.3 Å². The fraction of sp³-hybridized carbons (Fsp3) is 0.188. The monoisotopic (exact) mass is 351 g/mol. The third-order valence-corrected chi connectivity index (χ3v) is 5.00. The quantitative estimate of drug-likeness (QED) is 0.737. The number of H-pyrrole nitrogens is 1. The Hall–Kier alpha value is -2.48. The second kappa shape index (κ2) is 6.20. The summed E-state index contributed by atoms with van der Waals surface area (Å²) in [6, 6.07) is 5.61. The molecule has 126 valence electrons. The summed E-state index contributed by atoms with van der Waals surface area (Å²) in [5.74, 6) is -2.14. The number of rotatable bonds is 5. The molecule has 2 heterocycles. The van der Waals surface area contributed by atoms with Crippen molar-refractivity contribution in [3.8, 4) is 11.1 Å². The third kappa shape index (κ3) is 3.09. The van der Waals surface area contributed by atoms with Crippen LogP contribution in [0.5, 0.6) is 0 Å². The highest BCUT2D eigenvalue weighted by molar-refractivity contribution is 7.92. The van der Waals surface area contributed by atoms with E-state index < -0.39 is 27.3 Å². The summed E-state index contributed by atoms with van der Waals surface area (Å²) in [5.41, 5.74) is 0.838. The number of aromatic nitrogens is 2. The van der Waals surface area contributed by atoms with Crippen molar-refractivity contribution in [2.75, 3.05) is 10.5 Å². The Morgan fingerprint density at radius 3 is 2.58 bits per heavy atom. The lowest BCUT2D eigenvalue weighted by Gasteiger charge is -2.11. The lowest BCUT2D eigenvalue weighted by molar-refractivity contribution is 0.583. The summed E-state index contributed by atoms with van der Waals surface area (Å²) in [5, 5.41) is 0.718. The molecular formula is C16H15F2N3O2S. The Labute approximate surface area is 137 Å². The second-order valence-electron chi connectivity index (χ2n) is 5.33. The van der Waals surface area contributed by atoms with E-state index in [1.165, 1.54) is 6.20 Å². The van der Waals surface area contributed by atoms with Crippen molar-refractivity contribution in [3.63, 3.8) is 0 Å². The summed E-state index contributed by atoms with van der Waals surface area (Å²) in [6.45, 7) is 1.67. The van der Waals surface area contributed by atoms with Crippen LogP contribution < -0.4 is 4.72 Å². The summed E-state index contributed by atoms with van der Waals surface area (Å²) in [7, 11) is -3.78. The molecule has 2 N–H and O–H groups in total. The molecular weight excluding hydrogens is 336 g/mol. The van der Waals surface area contributed by atoms with Crippen LogP contribution in [-0.2, 0) is 10.0 Å². The van der Waals surface area contributed by atoms with Crippen LogP contribution >= 0.6 is 0 Å². The summed E-state index contributed by atoms with van der Waals surface area (Å²) in [4.78, 5) is 7.05. The smallest absolute Gasteiger partial charge is 0.232 e. The van der Waals surface area contributed by atoms with Crippen LogP contribution in [0.15, 0.2) is 36.7 Å². The number of halogens is 2. The number of pyridine rings is 1. The number of hydrogen-bond donors (Lipinski definition) is 2. The molecule has 0 aliphatic rings. The predicted octanol–water partition coefficient (Wildman–Crippen LogP) is 3.66. The molecule has 0 saturated heterocycles. The number of benzene rings is 1. The van der Waals surface area contributed by atoms with Crippen LogP contribution in [0.1, 0.15) is 13.3 Å². The van der Waals surface area contributed by atoms with Gasteiger partial charge in [-0.15, -0.1) is 0 Å². The number of sulfonamides is 1. The van der Waals surface area contributed by atoms with Gasteiger partial charge in [0, 0.05) is 17.8 Å². The van der Waals surface area contributed by atoms with Crippen LogP contribution in [0.4, 0.5) is 14.5 Å². The summed E-state index contributed by atoms with van der Waals surface area (Å²) >= 11 is 0.